The summed E-state index contributed by atoms with van der Waals surface area (Å²) in [5, 5.41) is 3.34. The van der Waals surface area contributed by atoms with Crippen molar-refractivity contribution in [2.75, 3.05) is 25.1 Å². The van der Waals surface area contributed by atoms with E-state index >= 15 is 0 Å². The molecule has 0 amide bonds. The van der Waals surface area contributed by atoms with E-state index in [0.29, 0.717) is 41.3 Å². The van der Waals surface area contributed by atoms with Gasteiger partial charge in [-0.15, -0.1) is 0 Å². The number of unbranched alkanes of at least 4 members (excludes halogenated alkanes) is 1. The van der Waals surface area contributed by atoms with Crippen LogP contribution in [-0.2, 0) is 4.74 Å². The summed E-state index contributed by atoms with van der Waals surface area (Å²) >= 11 is 0. The predicted octanol–water partition coefficient (Wildman–Crippen LogP) is 5.50. The molecule has 154 valence electrons. The quantitative estimate of drug-likeness (QED) is 0.437. The van der Waals surface area contributed by atoms with Crippen molar-refractivity contribution in [1.29, 1.82) is 0 Å². The molecule has 0 radical (unpaired) electrons. The van der Waals surface area contributed by atoms with Crippen LogP contribution in [0.1, 0.15) is 77.8 Å². The van der Waals surface area contributed by atoms with Crippen molar-refractivity contribution in [3.8, 4) is 0 Å². The van der Waals surface area contributed by atoms with Crippen LogP contribution in [-0.4, -0.2) is 31.3 Å². The number of ether oxygens (including phenoxy) is 1. The number of nitrogens with one attached hydrogen (secondary N) is 1. The van der Waals surface area contributed by atoms with Crippen LogP contribution >= 0.6 is 0 Å². The lowest BCUT2D eigenvalue weighted by atomic mass is 9.83. The van der Waals surface area contributed by atoms with Crippen LogP contribution in [0.3, 0.4) is 0 Å². The highest BCUT2D eigenvalue weighted by atomic mass is 16.5. The van der Waals surface area contributed by atoms with Gasteiger partial charge >= 0.3 is 0 Å². The standard InChI is InChI=1S/C25H31NO3/c1-3-5-10-18(4-2)17-29-16-9-15-26-22-14-8-13-21-23(22)25(28)20-12-7-6-11-19(20)24(21)27/h6-8,11-14,18,26H,3-5,9-10,15-17H2,1-2H3. The number of anilines is 1. The highest BCUT2D eigenvalue weighted by Crippen LogP contribution is 2.31. The van der Waals surface area contributed by atoms with E-state index in [1.54, 1.807) is 30.3 Å². The van der Waals surface area contributed by atoms with E-state index in [1.165, 1.54) is 19.3 Å². The average Bonchev–Trinajstić information content (AvgIpc) is 2.76. The molecule has 0 saturated carbocycles. The van der Waals surface area contributed by atoms with Gasteiger partial charge in [0.2, 0.25) is 0 Å². The van der Waals surface area contributed by atoms with Crippen LogP contribution in [0.4, 0.5) is 5.69 Å². The van der Waals surface area contributed by atoms with Crippen molar-refractivity contribution >= 4 is 17.3 Å². The number of rotatable bonds is 11. The molecule has 0 saturated heterocycles. The first-order chi connectivity index (χ1) is 14.2. The van der Waals surface area contributed by atoms with E-state index < -0.39 is 0 Å². The van der Waals surface area contributed by atoms with Gasteiger partial charge in [0.05, 0.1) is 5.56 Å². The number of ketones is 2. The molecule has 0 spiro atoms. The summed E-state index contributed by atoms with van der Waals surface area (Å²) < 4.78 is 5.86. The highest BCUT2D eigenvalue weighted by Gasteiger charge is 2.31. The molecule has 0 aromatic heterocycles. The zero-order chi connectivity index (χ0) is 20.6. The van der Waals surface area contributed by atoms with Gasteiger partial charge in [0.25, 0.3) is 0 Å². The number of carbonyl (C=O) groups is 2. The molecular weight excluding hydrogens is 362 g/mol. The Morgan fingerprint density at radius 3 is 2.34 bits per heavy atom. The molecule has 2 aromatic rings. The van der Waals surface area contributed by atoms with Gasteiger partial charge in [0, 0.05) is 42.1 Å². The number of carbonyl (C=O) groups excluding carboxylic acids is 2. The average molecular weight is 394 g/mol. The summed E-state index contributed by atoms with van der Waals surface area (Å²) in [6, 6.07) is 12.5. The van der Waals surface area contributed by atoms with Crippen LogP contribution < -0.4 is 5.32 Å². The van der Waals surface area contributed by atoms with Crippen molar-refractivity contribution in [2.24, 2.45) is 5.92 Å². The van der Waals surface area contributed by atoms with E-state index in [0.717, 1.165) is 25.1 Å². The van der Waals surface area contributed by atoms with E-state index in [-0.39, 0.29) is 11.6 Å². The zero-order valence-corrected chi connectivity index (χ0v) is 17.5. The van der Waals surface area contributed by atoms with Crippen molar-refractivity contribution in [2.45, 2.75) is 46.0 Å². The zero-order valence-electron chi connectivity index (χ0n) is 17.5. The second-order valence-electron chi connectivity index (χ2n) is 7.70. The molecule has 0 bridgehead atoms. The Morgan fingerprint density at radius 2 is 1.62 bits per heavy atom. The van der Waals surface area contributed by atoms with Crippen LogP contribution in [0.2, 0.25) is 0 Å². The van der Waals surface area contributed by atoms with Gasteiger partial charge in [-0.1, -0.05) is 69.5 Å². The van der Waals surface area contributed by atoms with Gasteiger partial charge in [0.15, 0.2) is 11.6 Å². The maximum absolute atomic E-state index is 13.0. The summed E-state index contributed by atoms with van der Waals surface area (Å²) in [6.45, 7) is 6.66. The first kappa shape index (κ1) is 21.3. The first-order valence-corrected chi connectivity index (χ1v) is 10.8. The second kappa shape index (κ2) is 10.4. The SMILES string of the molecule is CCCCC(CC)COCCCNc1cccc2c1C(=O)c1ccccc1C2=O. The predicted molar refractivity (Wildman–Crippen MR) is 117 cm³/mol. The monoisotopic (exact) mass is 393 g/mol. The topological polar surface area (TPSA) is 55.4 Å². The molecule has 1 aliphatic rings. The number of hydrogen-bond donors (Lipinski definition) is 1. The van der Waals surface area contributed by atoms with Crippen molar-refractivity contribution in [3.63, 3.8) is 0 Å². The summed E-state index contributed by atoms with van der Waals surface area (Å²) in [6.07, 6.45) is 5.74. The lowest BCUT2D eigenvalue weighted by Crippen LogP contribution is -2.22. The van der Waals surface area contributed by atoms with E-state index in [4.69, 9.17) is 4.74 Å². The van der Waals surface area contributed by atoms with Crippen LogP contribution in [0, 0.1) is 5.92 Å². The molecule has 0 aliphatic heterocycles. The highest BCUT2D eigenvalue weighted by molar-refractivity contribution is 6.30. The van der Waals surface area contributed by atoms with Crippen LogP contribution in [0.15, 0.2) is 42.5 Å². The molecule has 1 unspecified atom stereocenters. The van der Waals surface area contributed by atoms with Gasteiger partial charge in [-0.25, -0.2) is 0 Å². The molecule has 2 aromatic carbocycles. The van der Waals surface area contributed by atoms with E-state index in [9.17, 15) is 9.59 Å². The van der Waals surface area contributed by atoms with Gasteiger partial charge < -0.3 is 10.1 Å². The first-order valence-electron chi connectivity index (χ1n) is 10.8. The molecule has 1 atom stereocenters. The summed E-state index contributed by atoms with van der Waals surface area (Å²) in [4.78, 5) is 25.8. The Balaban J connectivity index is 1.56. The normalized spacial score (nSPS) is 13.7. The van der Waals surface area contributed by atoms with Crippen LogP contribution in [0.25, 0.3) is 0 Å². The molecule has 0 heterocycles. The van der Waals surface area contributed by atoms with Gasteiger partial charge in [-0.05, 0) is 24.8 Å². The minimum atomic E-state index is -0.0868. The number of hydrogen-bond acceptors (Lipinski definition) is 4. The summed E-state index contributed by atoms with van der Waals surface area (Å²) in [7, 11) is 0. The fourth-order valence-electron chi connectivity index (χ4n) is 3.84. The number of fused-ring (bicyclic) bond motifs is 2. The van der Waals surface area contributed by atoms with Crippen molar-refractivity contribution in [1.82, 2.24) is 0 Å². The van der Waals surface area contributed by atoms with E-state index in [1.807, 2.05) is 12.1 Å². The van der Waals surface area contributed by atoms with Crippen LogP contribution in [0.5, 0.6) is 0 Å². The maximum atomic E-state index is 13.0. The lowest BCUT2D eigenvalue weighted by Gasteiger charge is -2.20. The van der Waals surface area contributed by atoms with Gasteiger partial charge in [-0.2, -0.15) is 0 Å². The molecular formula is C25H31NO3. The third-order valence-corrected chi connectivity index (χ3v) is 5.63. The van der Waals surface area contributed by atoms with Crippen molar-refractivity contribution < 1.29 is 14.3 Å². The molecule has 3 rings (SSSR count). The summed E-state index contributed by atoms with van der Waals surface area (Å²) in [5.41, 5.74) is 2.67. The fraction of sp³-hybridized carbons (Fsp3) is 0.440. The fourth-order valence-corrected chi connectivity index (χ4v) is 3.84. The van der Waals surface area contributed by atoms with Gasteiger partial charge in [0.1, 0.15) is 0 Å². The Bertz CT molecular complexity index is 859. The molecule has 29 heavy (non-hydrogen) atoms. The molecule has 0 fully saturated rings. The molecule has 4 heteroatoms. The molecule has 1 N–H and O–H groups in total. The largest absolute Gasteiger partial charge is 0.384 e. The summed E-state index contributed by atoms with van der Waals surface area (Å²) in [5.74, 6) is 0.476. The third-order valence-electron chi connectivity index (χ3n) is 5.63. The van der Waals surface area contributed by atoms with Crippen molar-refractivity contribution in [3.05, 3.63) is 64.7 Å². The third kappa shape index (κ3) is 4.94. The smallest absolute Gasteiger partial charge is 0.196 e. The van der Waals surface area contributed by atoms with E-state index in [2.05, 4.69) is 19.2 Å². The minimum absolute atomic E-state index is 0.0835. The van der Waals surface area contributed by atoms with Gasteiger partial charge in [-0.3, -0.25) is 9.59 Å². The maximum Gasteiger partial charge on any atom is 0.196 e. The Labute approximate surface area is 173 Å². The Kier molecular flexibility index (Phi) is 7.59. The molecule has 1 aliphatic carbocycles. The molecule has 4 nitrogen and oxygen atoms in total. The second-order valence-corrected chi connectivity index (χ2v) is 7.70. The number of benzene rings is 2. The Morgan fingerprint density at radius 1 is 0.897 bits per heavy atom. The minimum Gasteiger partial charge on any atom is -0.384 e. The lowest BCUT2D eigenvalue weighted by molar-refractivity contribution is 0.0937. The Hall–Kier alpha value is -2.46.